The van der Waals surface area contributed by atoms with Gasteiger partial charge in [-0.15, -0.1) is 0 Å². The van der Waals surface area contributed by atoms with Gasteiger partial charge in [-0.25, -0.2) is 27.8 Å². The second-order valence-corrected chi connectivity index (χ2v) is 11.4. The number of nitrogens with zero attached hydrogens (tertiary/aromatic N) is 3. The maximum absolute atomic E-state index is 13.4. The van der Waals surface area contributed by atoms with Crippen LogP contribution in [0.3, 0.4) is 0 Å². The maximum Gasteiger partial charge on any atom is 0.183 e. The van der Waals surface area contributed by atoms with Crippen molar-refractivity contribution in [3.05, 3.63) is 83.1 Å². The van der Waals surface area contributed by atoms with Gasteiger partial charge in [0.1, 0.15) is 45.6 Å². The second-order valence-electron chi connectivity index (χ2n) is 8.77. The van der Waals surface area contributed by atoms with Gasteiger partial charge in [-0.2, -0.15) is 0 Å². The van der Waals surface area contributed by atoms with Gasteiger partial charge in [0.05, 0.1) is 17.3 Å². The molecule has 10 nitrogen and oxygen atoms in total. The first-order valence-corrected chi connectivity index (χ1v) is 14.3. The Kier molecular flexibility index (Phi) is 7.77. The van der Waals surface area contributed by atoms with E-state index in [9.17, 15) is 12.8 Å². The molecule has 5 aromatic rings. The number of H-pyrrole nitrogens is 1. The Balaban J connectivity index is 1.26. The van der Waals surface area contributed by atoms with Crippen LogP contribution < -0.4 is 15.4 Å². The summed E-state index contributed by atoms with van der Waals surface area (Å²) in [5, 5.41) is 6.63. The normalized spacial score (nSPS) is 11.7. The number of aromatic amines is 1. The van der Waals surface area contributed by atoms with E-state index in [1.54, 1.807) is 42.5 Å². The summed E-state index contributed by atoms with van der Waals surface area (Å²) in [6.07, 6.45) is 2.59. The van der Waals surface area contributed by atoms with Crippen LogP contribution in [0.4, 0.5) is 15.9 Å². The van der Waals surface area contributed by atoms with Crippen LogP contribution in [0.1, 0.15) is 11.3 Å². The molecule has 0 unspecified atom stereocenters. The maximum atomic E-state index is 13.4. The fourth-order valence-corrected chi connectivity index (χ4v) is 4.48. The lowest BCUT2D eigenvalue weighted by atomic mass is 10.2. The van der Waals surface area contributed by atoms with E-state index in [2.05, 4.69) is 30.6 Å². The Labute approximate surface area is 228 Å². The third-order valence-electron chi connectivity index (χ3n) is 5.61. The molecule has 0 radical (unpaired) electrons. The highest BCUT2D eigenvalue weighted by atomic mass is 35.5. The van der Waals surface area contributed by atoms with Crippen molar-refractivity contribution in [3.63, 3.8) is 0 Å². The molecule has 39 heavy (non-hydrogen) atoms. The van der Waals surface area contributed by atoms with E-state index in [1.165, 1.54) is 24.7 Å². The number of hydrogen-bond donors (Lipinski definition) is 3. The van der Waals surface area contributed by atoms with Gasteiger partial charge in [-0.1, -0.05) is 23.7 Å². The first-order valence-electron chi connectivity index (χ1n) is 11.9. The van der Waals surface area contributed by atoms with Gasteiger partial charge < -0.3 is 24.8 Å². The average molecular weight is 571 g/mol. The zero-order chi connectivity index (χ0) is 27.4. The lowest BCUT2D eigenvalue weighted by molar-refractivity contribution is 0.306. The topological polar surface area (TPSA) is 135 Å². The average Bonchev–Trinajstić information content (AvgIpc) is 3.53. The van der Waals surface area contributed by atoms with Crippen LogP contribution in [0, 0.1) is 5.82 Å². The van der Waals surface area contributed by atoms with Crippen LogP contribution in [-0.4, -0.2) is 46.9 Å². The molecule has 0 atom stereocenters. The molecule has 13 heteroatoms. The minimum atomic E-state index is -3.03. The number of fused-ring (bicyclic) bond motifs is 1. The van der Waals surface area contributed by atoms with Crippen molar-refractivity contribution < 1.29 is 22.0 Å². The van der Waals surface area contributed by atoms with Gasteiger partial charge in [0.25, 0.3) is 0 Å². The lowest BCUT2D eigenvalue weighted by Crippen LogP contribution is -2.21. The van der Waals surface area contributed by atoms with E-state index in [0.29, 0.717) is 69.4 Å². The molecule has 3 heterocycles. The highest BCUT2D eigenvalue weighted by molar-refractivity contribution is 7.90. The summed E-state index contributed by atoms with van der Waals surface area (Å²) in [6, 6.07) is 14.9. The van der Waals surface area contributed by atoms with Crippen molar-refractivity contribution in [3.8, 4) is 17.3 Å². The number of halogens is 2. The van der Waals surface area contributed by atoms with Gasteiger partial charge in [-0.05, 0) is 48.0 Å². The van der Waals surface area contributed by atoms with Gasteiger partial charge in [0.2, 0.25) is 0 Å². The monoisotopic (exact) mass is 570 g/mol. The molecule has 0 saturated carbocycles. The molecule has 0 amide bonds. The molecule has 5 rings (SSSR count). The van der Waals surface area contributed by atoms with Crippen LogP contribution in [0.25, 0.3) is 22.7 Å². The van der Waals surface area contributed by atoms with Crippen molar-refractivity contribution in [2.75, 3.05) is 23.9 Å². The molecule has 0 aliphatic carbocycles. The number of anilines is 2. The number of ether oxygens (including phenoxy) is 1. The number of benzene rings is 2. The van der Waals surface area contributed by atoms with Gasteiger partial charge in [0, 0.05) is 18.5 Å². The lowest BCUT2D eigenvalue weighted by Gasteiger charge is -2.11. The smallest absolute Gasteiger partial charge is 0.183 e. The minimum absolute atomic E-state index is 0.0501. The van der Waals surface area contributed by atoms with E-state index in [0.717, 1.165) is 0 Å². The van der Waals surface area contributed by atoms with Crippen LogP contribution in [0.5, 0.6) is 5.75 Å². The molecule has 3 aromatic heterocycles. The number of nitrogens with one attached hydrogen (secondary N) is 3. The fourth-order valence-electron chi connectivity index (χ4n) is 3.73. The first kappa shape index (κ1) is 26.6. The van der Waals surface area contributed by atoms with Crippen molar-refractivity contribution in [2.45, 2.75) is 13.2 Å². The largest absolute Gasteiger partial charge is 0.487 e. The van der Waals surface area contributed by atoms with Crippen molar-refractivity contribution >= 4 is 44.1 Å². The van der Waals surface area contributed by atoms with Crippen LogP contribution in [0.15, 0.2) is 65.3 Å². The molecule has 0 bridgehead atoms. The number of rotatable bonds is 11. The van der Waals surface area contributed by atoms with E-state index in [1.807, 2.05) is 0 Å². The molecule has 0 fully saturated rings. The summed E-state index contributed by atoms with van der Waals surface area (Å²) < 4.78 is 47.5. The summed E-state index contributed by atoms with van der Waals surface area (Å²) in [6.45, 7) is 0.887. The molecule has 0 aliphatic heterocycles. The second kappa shape index (κ2) is 11.4. The van der Waals surface area contributed by atoms with Gasteiger partial charge in [-0.3, -0.25) is 0 Å². The highest BCUT2D eigenvalue weighted by Gasteiger charge is 2.15. The summed E-state index contributed by atoms with van der Waals surface area (Å²) >= 11 is 6.43. The SMILES string of the molecule is CS(=O)(=O)CCNCc1ccc(-c2nc3ncnc(Nc4ccc(OCc5cccc(F)c5)c(Cl)c4)c3[nH]2)o1. The summed E-state index contributed by atoms with van der Waals surface area (Å²) in [5.41, 5.74) is 2.36. The summed E-state index contributed by atoms with van der Waals surface area (Å²) in [7, 11) is -3.03. The molecule has 202 valence electrons. The zero-order valence-electron chi connectivity index (χ0n) is 20.7. The predicted octanol–water partition coefficient (Wildman–Crippen LogP) is 4.86. The Hall–Kier alpha value is -4.00. The van der Waals surface area contributed by atoms with Gasteiger partial charge in [0.15, 0.2) is 23.0 Å². The van der Waals surface area contributed by atoms with Crippen LogP contribution >= 0.6 is 11.6 Å². The van der Waals surface area contributed by atoms with Crippen molar-refractivity contribution in [2.24, 2.45) is 0 Å². The number of imidazole rings is 1. The standard InChI is InChI=1S/C26H24ClFN6O4S/c1-39(35,36)10-9-29-13-19-6-8-22(38-19)24-33-23-25(30-15-31-26(23)34-24)32-18-5-7-21(20(27)12-18)37-14-16-3-2-4-17(28)11-16/h2-8,11-12,15,29H,9-10,13-14H2,1H3,(H2,30,31,32,33,34). The Bertz CT molecular complexity index is 1720. The van der Waals surface area contributed by atoms with Crippen molar-refractivity contribution in [1.29, 1.82) is 0 Å². The Morgan fingerprint density at radius 2 is 2.00 bits per heavy atom. The van der Waals surface area contributed by atoms with Crippen molar-refractivity contribution in [1.82, 2.24) is 25.3 Å². The first-order chi connectivity index (χ1) is 18.7. The Morgan fingerprint density at radius 3 is 2.79 bits per heavy atom. The Morgan fingerprint density at radius 1 is 1.13 bits per heavy atom. The summed E-state index contributed by atoms with van der Waals surface area (Å²) in [4.78, 5) is 16.3. The third-order valence-corrected chi connectivity index (χ3v) is 6.85. The minimum Gasteiger partial charge on any atom is -0.487 e. The number of aromatic nitrogens is 4. The highest BCUT2D eigenvalue weighted by Crippen LogP contribution is 2.31. The van der Waals surface area contributed by atoms with E-state index >= 15 is 0 Å². The quantitative estimate of drug-likeness (QED) is 0.190. The number of sulfone groups is 1. The molecular weight excluding hydrogens is 547 g/mol. The molecular formula is C26H24ClFN6O4S. The molecule has 0 spiro atoms. The molecule has 0 aliphatic rings. The summed E-state index contributed by atoms with van der Waals surface area (Å²) in [5.74, 6) is 2.27. The van der Waals surface area contributed by atoms with Crippen LogP contribution in [0.2, 0.25) is 5.02 Å². The number of hydrogen-bond acceptors (Lipinski definition) is 9. The van der Waals surface area contributed by atoms with Crippen LogP contribution in [-0.2, 0) is 23.0 Å². The fraction of sp³-hybridized carbons (Fsp3) is 0.192. The zero-order valence-corrected chi connectivity index (χ0v) is 22.3. The molecule has 0 saturated heterocycles. The molecule has 3 N–H and O–H groups in total. The van der Waals surface area contributed by atoms with E-state index in [4.69, 9.17) is 20.8 Å². The van der Waals surface area contributed by atoms with Gasteiger partial charge >= 0.3 is 0 Å². The van der Waals surface area contributed by atoms with E-state index < -0.39 is 9.84 Å². The number of furan rings is 1. The molecule has 2 aromatic carbocycles. The third kappa shape index (κ3) is 6.91. The predicted molar refractivity (Wildman–Crippen MR) is 146 cm³/mol. The van der Waals surface area contributed by atoms with E-state index in [-0.39, 0.29) is 18.2 Å².